The second-order valence-corrected chi connectivity index (χ2v) is 8.68. The predicted octanol–water partition coefficient (Wildman–Crippen LogP) is 7.81. The zero-order valence-corrected chi connectivity index (χ0v) is 17.7. The fourth-order valence-corrected chi connectivity index (χ4v) is 5.04. The number of benzene rings is 1. The highest BCUT2D eigenvalue weighted by molar-refractivity contribution is 5.37. The molecule has 1 aromatic carbocycles. The van der Waals surface area contributed by atoms with Crippen molar-refractivity contribution in [1.29, 1.82) is 0 Å². The van der Waals surface area contributed by atoms with E-state index in [0.717, 1.165) is 32.1 Å². The highest BCUT2D eigenvalue weighted by atomic mass is 19.4. The van der Waals surface area contributed by atoms with Crippen molar-refractivity contribution in [2.45, 2.75) is 70.6 Å². The third kappa shape index (κ3) is 5.35. The molecule has 1 nitrogen and oxygen atoms in total. The minimum atomic E-state index is -4.72. The van der Waals surface area contributed by atoms with Gasteiger partial charge in [-0.1, -0.05) is 30.4 Å². The Morgan fingerprint density at radius 1 is 1.07 bits per heavy atom. The van der Waals surface area contributed by atoms with Gasteiger partial charge >= 0.3 is 6.18 Å². The van der Waals surface area contributed by atoms with Crippen molar-refractivity contribution < 1.29 is 22.3 Å². The first-order valence-electron chi connectivity index (χ1n) is 11.1. The van der Waals surface area contributed by atoms with Crippen LogP contribution in [0.2, 0.25) is 0 Å². The molecule has 1 aliphatic carbocycles. The normalized spacial score (nSPS) is 28.0. The third-order valence-electron chi connectivity index (χ3n) is 6.83. The van der Waals surface area contributed by atoms with Gasteiger partial charge in [-0.3, -0.25) is 0 Å². The van der Waals surface area contributed by atoms with Crippen molar-refractivity contribution in [1.82, 2.24) is 0 Å². The first-order chi connectivity index (χ1) is 14.3. The van der Waals surface area contributed by atoms with Crippen molar-refractivity contribution in [2.24, 2.45) is 17.8 Å². The second kappa shape index (κ2) is 10.1. The van der Waals surface area contributed by atoms with E-state index in [0.29, 0.717) is 37.2 Å². The fraction of sp³-hybridized carbons (Fsp3) is 0.600. The lowest BCUT2D eigenvalue weighted by atomic mass is 9.73. The molecule has 0 amide bonds. The maximum Gasteiger partial charge on any atom is 0.419 e. The topological polar surface area (TPSA) is 9.23 Å². The molecule has 30 heavy (non-hydrogen) atoms. The van der Waals surface area contributed by atoms with Crippen LogP contribution in [-0.2, 0) is 17.3 Å². The number of alkyl halides is 3. The highest BCUT2D eigenvalue weighted by Crippen LogP contribution is 2.43. The van der Waals surface area contributed by atoms with E-state index in [9.17, 15) is 13.2 Å². The summed E-state index contributed by atoms with van der Waals surface area (Å²) in [4.78, 5) is 0. The summed E-state index contributed by atoms with van der Waals surface area (Å²) in [5.74, 6) is 0.444. The Balaban J connectivity index is 1.70. The van der Waals surface area contributed by atoms with Gasteiger partial charge in [-0.05, 0) is 81.6 Å². The van der Waals surface area contributed by atoms with Crippen LogP contribution in [-0.4, -0.2) is 6.61 Å². The summed E-state index contributed by atoms with van der Waals surface area (Å²) in [6.45, 7) is 6.19. The van der Waals surface area contributed by atoms with E-state index >= 15 is 4.39 Å². The number of aryl methyl sites for hydroxylation is 1. The van der Waals surface area contributed by atoms with Gasteiger partial charge in [-0.2, -0.15) is 13.2 Å². The van der Waals surface area contributed by atoms with Gasteiger partial charge in [0, 0.05) is 5.56 Å². The molecule has 166 valence electrons. The Bertz CT molecular complexity index is 736. The minimum absolute atomic E-state index is 0.00881. The number of ether oxygens (including phenoxy) is 1. The first kappa shape index (κ1) is 23.1. The summed E-state index contributed by atoms with van der Waals surface area (Å²) in [5, 5.41) is 0. The van der Waals surface area contributed by atoms with Crippen LogP contribution in [0.5, 0.6) is 0 Å². The molecule has 1 aromatic rings. The van der Waals surface area contributed by atoms with Crippen molar-refractivity contribution >= 4 is 0 Å². The fourth-order valence-electron chi connectivity index (χ4n) is 5.04. The Labute approximate surface area is 177 Å². The van der Waals surface area contributed by atoms with Crippen LogP contribution in [0.1, 0.15) is 74.7 Å². The van der Waals surface area contributed by atoms with Crippen LogP contribution in [0.3, 0.4) is 0 Å². The number of hydrogen-bond donors (Lipinski definition) is 0. The van der Waals surface area contributed by atoms with Gasteiger partial charge in [0.1, 0.15) is 5.82 Å². The minimum Gasteiger partial charge on any atom is -0.373 e. The lowest BCUT2D eigenvalue weighted by Gasteiger charge is -2.37. The average Bonchev–Trinajstić information content (AvgIpc) is 2.73. The second-order valence-electron chi connectivity index (χ2n) is 8.68. The summed E-state index contributed by atoms with van der Waals surface area (Å²) >= 11 is 0. The maximum absolute atomic E-state index is 15.0. The molecule has 0 spiro atoms. The number of allylic oxidation sites excluding steroid dienone is 3. The first-order valence-corrected chi connectivity index (χ1v) is 11.1. The van der Waals surface area contributed by atoms with E-state index in [4.69, 9.17) is 4.74 Å². The molecular weight excluding hydrogens is 392 g/mol. The molecule has 2 atom stereocenters. The predicted molar refractivity (Wildman–Crippen MR) is 112 cm³/mol. The Morgan fingerprint density at radius 3 is 2.33 bits per heavy atom. The summed E-state index contributed by atoms with van der Waals surface area (Å²) in [6.07, 6.45) is 6.93. The zero-order chi connectivity index (χ0) is 21.7. The van der Waals surface area contributed by atoms with Crippen LogP contribution in [0.4, 0.5) is 17.6 Å². The largest absolute Gasteiger partial charge is 0.419 e. The number of halogens is 4. The molecule has 1 saturated heterocycles. The van der Waals surface area contributed by atoms with Crippen molar-refractivity contribution in [3.8, 4) is 0 Å². The zero-order valence-electron chi connectivity index (χ0n) is 17.7. The van der Waals surface area contributed by atoms with Gasteiger partial charge in [0.15, 0.2) is 0 Å². The molecule has 2 unspecified atom stereocenters. The molecule has 0 aromatic heterocycles. The summed E-state index contributed by atoms with van der Waals surface area (Å²) in [6, 6.07) is 2.92. The van der Waals surface area contributed by atoms with E-state index in [-0.39, 0.29) is 17.5 Å². The quantitative estimate of drug-likeness (QED) is 0.334. The van der Waals surface area contributed by atoms with Crippen LogP contribution in [0, 0.1) is 23.6 Å². The lowest BCUT2D eigenvalue weighted by Crippen LogP contribution is -2.30. The molecule has 2 aliphatic rings. The summed E-state index contributed by atoms with van der Waals surface area (Å²) < 4.78 is 61.8. The van der Waals surface area contributed by atoms with Gasteiger partial charge in [0.2, 0.25) is 0 Å². The Morgan fingerprint density at radius 2 is 1.77 bits per heavy atom. The van der Waals surface area contributed by atoms with E-state index < -0.39 is 23.7 Å². The van der Waals surface area contributed by atoms with Gasteiger partial charge in [0.25, 0.3) is 0 Å². The molecule has 3 rings (SSSR count). The van der Waals surface area contributed by atoms with Gasteiger partial charge in [-0.15, -0.1) is 6.58 Å². The van der Waals surface area contributed by atoms with E-state index in [2.05, 4.69) is 6.58 Å². The Hall–Kier alpha value is -1.62. The van der Waals surface area contributed by atoms with Gasteiger partial charge in [0.05, 0.1) is 18.3 Å². The monoisotopic (exact) mass is 424 g/mol. The molecule has 2 fully saturated rings. The molecule has 1 heterocycles. The third-order valence-corrected chi connectivity index (χ3v) is 6.83. The van der Waals surface area contributed by atoms with Gasteiger partial charge < -0.3 is 4.74 Å². The molecule has 0 radical (unpaired) electrons. The number of rotatable bonds is 6. The number of hydrogen-bond acceptors (Lipinski definition) is 1. The average molecular weight is 425 g/mol. The maximum atomic E-state index is 15.0. The highest BCUT2D eigenvalue weighted by Gasteiger charge is 2.39. The van der Waals surface area contributed by atoms with Crippen molar-refractivity contribution in [2.75, 3.05) is 6.61 Å². The van der Waals surface area contributed by atoms with E-state index in [1.807, 2.05) is 13.0 Å². The molecule has 0 N–H and O–H groups in total. The van der Waals surface area contributed by atoms with Crippen molar-refractivity contribution in [3.63, 3.8) is 0 Å². The van der Waals surface area contributed by atoms with Gasteiger partial charge in [-0.25, -0.2) is 4.39 Å². The smallest absolute Gasteiger partial charge is 0.373 e. The lowest BCUT2D eigenvalue weighted by molar-refractivity contribution is -0.141. The molecule has 1 aliphatic heterocycles. The Kier molecular flexibility index (Phi) is 7.78. The molecular formula is C25H32F4O. The van der Waals surface area contributed by atoms with Crippen LogP contribution in [0.15, 0.2) is 36.9 Å². The van der Waals surface area contributed by atoms with Crippen molar-refractivity contribution in [3.05, 3.63) is 59.4 Å². The van der Waals surface area contributed by atoms with Crippen LogP contribution >= 0.6 is 0 Å². The summed E-state index contributed by atoms with van der Waals surface area (Å²) in [5.41, 5.74) is -1.07. The summed E-state index contributed by atoms with van der Waals surface area (Å²) in [7, 11) is 0. The molecule has 0 bridgehead atoms. The van der Waals surface area contributed by atoms with Crippen LogP contribution in [0.25, 0.3) is 0 Å². The SMILES string of the molecule is C=CC1CCC(C2CCC(c3ccc(CC/C=C/C)c(C(F)(F)F)c3F)OC2)CC1. The van der Waals surface area contributed by atoms with E-state index in [1.165, 1.54) is 12.1 Å². The van der Waals surface area contributed by atoms with Crippen LogP contribution < -0.4 is 0 Å². The molecule has 1 saturated carbocycles. The standard InChI is InChI=1S/C25H32F4O/c1-3-5-6-7-19-12-14-21(24(26)23(19)25(27,28)29)22-15-13-20(16-30-22)18-10-8-17(4-2)9-11-18/h3-5,12,14,17-18,20,22H,2,6-11,13,15-16H2,1H3/b5-3+. The van der Waals surface area contributed by atoms with E-state index in [1.54, 1.807) is 12.2 Å². The molecule has 5 heteroatoms.